The number of benzene rings is 2. The molecule has 0 N–H and O–H groups in total. The van der Waals surface area contributed by atoms with Crippen molar-refractivity contribution in [2.45, 2.75) is 6.54 Å². The second-order valence-electron chi connectivity index (χ2n) is 5.79. The first-order valence-electron chi connectivity index (χ1n) is 8.11. The van der Waals surface area contributed by atoms with Gasteiger partial charge in [-0.25, -0.2) is 0 Å². The number of carbonyl (C=O) groups is 1. The molecule has 2 aromatic carbocycles. The third-order valence-electron chi connectivity index (χ3n) is 3.92. The summed E-state index contributed by atoms with van der Waals surface area (Å²) in [6.45, 7) is 4.62. The van der Waals surface area contributed by atoms with E-state index in [1.54, 1.807) is 24.2 Å². The highest BCUT2D eigenvalue weighted by Crippen LogP contribution is 2.19. The summed E-state index contributed by atoms with van der Waals surface area (Å²) in [7, 11) is 1.80. The lowest BCUT2D eigenvalue weighted by Crippen LogP contribution is -2.26. The lowest BCUT2D eigenvalue weighted by Gasteiger charge is -2.18. The van der Waals surface area contributed by atoms with E-state index in [1.807, 2.05) is 54.6 Å². The summed E-state index contributed by atoms with van der Waals surface area (Å²) in [5.74, 6) is 0.743. The number of hydrogen-bond acceptors (Lipinski definition) is 3. The minimum Gasteiger partial charge on any atom is -0.490 e. The van der Waals surface area contributed by atoms with Gasteiger partial charge in [0, 0.05) is 25.2 Å². The van der Waals surface area contributed by atoms with Crippen molar-refractivity contribution in [1.29, 1.82) is 0 Å². The number of pyridine rings is 1. The average molecular weight is 332 g/mol. The van der Waals surface area contributed by atoms with Crippen LogP contribution < -0.4 is 4.74 Å². The van der Waals surface area contributed by atoms with Gasteiger partial charge in [0.2, 0.25) is 0 Å². The van der Waals surface area contributed by atoms with Crippen molar-refractivity contribution >= 4 is 16.8 Å². The van der Waals surface area contributed by atoms with Crippen LogP contribution in [0.25, 0.3) is 10.9 Å². The topological polar surface area (TPSA) is 42.4 Å². The Bertz CT molecular complexity index is 883. The molecule has 0 saturated carbocycles. The lowest BCUT2D eigenvalue weighted by atomic mass is 10.1. The lowest BCUT2D eigenvalue weighted by molar-refractivity contribution is 0.0787. The second kappa shape index (κ2) is 7.62. The van der Waals surface area contributed by atoms with Crippen LogP contribution in [-0.2, 0) is 6.54 Å². The molecule has 0 bridgehead atoms. The fourth-order valence-electron chi connectivity index (χ4n) is 2.67. The van der Waals surface area contributed by atoms with Crippen molar-refractivity contribution in [2.75, 3.05) is 13.7 Å². The molecular formula is C21H20N2O2. The van der Waals surface area contributed by atoms with Crippen LogP contribution in [0.15, 0.2) is 73.4 Å². The van der Waals surface area contributed by atoms with Crippen LogP contribution in [0.3, 0.4) is 0 Å². The minimum atomic E-state index is -0.0451. The largest absolute Gasteiger partial charge is 0.490 e. The first-order chi connectivity index (χ1) is 12.2. The molecule has 0 saturated heterocycles. The van der Waals surface area contributed by atoms with Gasteiger partial charge in [0.1, 0.15) is 12.4 Å². The van der Waals surface area contributed by atoms with Gasteiger partial charge in [-0.15, -0.1) is 0 Å². The van der Waals surface area contributed by atoms with E-state index < -0.39 is 0 Å². The van der Waals surface area contributed by atoms with Gasteiger partial charge in [0.05, 0.1) is 11.1 Å². The molecule has 126 valence electrons. The summed E-state index contributed by atoms with van der Waals surface area (Å²) in [5.41, 5.74) is 2.39. The molecule has 0 atom stereocenters. The Morgan fingerprint density at radius 1 is 1.16 bits per heavy atom. The van der Waals surface area contributed by atoms with E-state index in [-0.39, 0.29) is 5.91 Å². The minimum absolute atomic E-state index is 0.0451. The van der Waals surface area contributed by atoms with E-state index in [4.69, 9.17) is 4.74 Å². The van der Waals surface area contributed by atoms with Crippen molar-refractivity contribution in [1.82, 2.24) is 9.88 Å². The van der Waals surface area contributed by atoms with Crippen LogP contribution in [0, 0.1) is 0 Å². The number of fused-ring (bicyclic) bond motifs is 1. The Hall–Kier alpha value is -3.14. The molecule has 4 heteroatoms. The summed E-state index contributed by atoms with van der Waals surface area (Å²) in [6, 6.07) is 17.2. The quantitative estimate of drug-likeness (QED) is 0.639. The third-order valence-corrected chi connectivity index (χ3v) is 3.92. The molecule has 4 nitrogen and oxygen atoms in total. The van der Waals surface area contributed by atoms with Gasteiger partial charge in [0.15, 0.2) is 0 Å². The van der Waals surface area contributed by atoms with E-state index in [9.17, 15) is 4.79 Å². The highest BCUT2D eigenvalue weighted by molar-refractivity contribution is 6.05. The summed E-state index contributed by atoms with van der Waals surface area (Å²) in [5, 5.41) is 0.963. The van der Waals surface area contributed by atoms with Crippen LogP contribution >= 0.6 is 0 Å². The summed E-state index contributed by atoms with van der Waals surface area (Å²) >= 11 is 0. The van der Waals surface area contributed by atoms with E-state index in [0.29, 0.717) is 18.7 Å². The van der Waals surface area contributed by atoms with Gasteiger partial charge in [-0.1, -0.05) is 43.0 Å². The molecule has 0 spiro atoms. The normalized spacial score (nSPS) is 10.4. The molecule has 0 radical (unpaired) electrons. The Morgan fingerprint density at radius 2 is 1.92 bits per heavy atom. The zero-order chi connectivity index (χ0) is 17.6. The summed E-state index contributed by atoms with van der Waals surface area (Å²) < 4.78 is 5.47. The number of amides is 1. The fraction of sp³-hybridized carbons (Fsp3) is 0.143. The van der Waals surface area contributed by atoms with Crippen LogP contribution in [0.1, 0.15) is 15.9 Å². The molecular weight excluding hydrogens is 312 g/mol. The first-order valence-corrected chi connectivity index (χ1v) is 8.11. The summed E-state index contributed by atoms with van der Waals surface area (Å²) in [6.07, 6.45) is 3.42. The zero-order valence-electron chi connectivity index (χ0n) is 14.2. The first kappa shape index (κ1) is 16.7. The predicted molar refractivity (Wildman–Crippen MR) is 99.7 cm³/mol. The van der Waals surface area contributed by atoms with E-state index in [1.165, 1.54) is 0 Å². The number of nitrogens with zero attached hydrogens (tertiary/aromatic N) is 2. The van der Waals surface area contributed by atoms with Crippen LogP contribution in [-0.4, -0.2) is 29.4 Å². The molecule has 25 heavy (non-hydrogen) atoms. The van der Waals surface area contributed by atoms with Crippen molar-refractivity contribution < 1.29 is 9.53 Å². The molecule has 0 fully saturated rings. The third kappa shape index (κ3) is 3.86. The van der Waals surface area contributed by atoms with Gasteiger partial charge in [0.25, 0.3) is 5.91 Å². The Labute approximate surface area is 147 Å². The van der Waals surface area contributed by atoms with Crippen molar-refractivity contribution in [2.24, 2.45) is 0 Å². The van der Waals surface area contributed by atoms with Crippen LogP contribution in [0.4, 0.5) is 0 Å². The number of para-hydroxylation sites is 1. The smallest absolute Gasteiger partial charge is 0.256 e. The Morgan fingerprint density at radius 3 is 2.68 bits per heavy atom. The Balaban J connectivity index is 1.75. The van der Waals surface area contributed by atoms with Gasteiger partial charge < -0.3 is 9.64 Å². The fourth-order valence-corrected chi connectivity index (χ4v) is 2.67. The maximum atomic E-state index is 12.8. The van der Waals surface area contributed by atoms with Crippen molar-refractivity contribution in [3.63, 3.8) is 0 Å². The standard InChI is InChI=1S/C21H20N2O2/c1-3-14-25-18-11-9-16(10-12-18)15-23(2)21(24)19-8-4-6-17-7-5-13-22-20(17)19/h3-13H,1,14-15H2,2H3. The monoisotopic (exact) mass is 332 g/mol. The number of carbonyl (C=O) groups excluding carboxylic acids is 1. The van der Waals surface area contributed by atoms with Gasteiger partial charge in [-0.05, 0) is 29.8 Å². The highest BCUT2D eigenvalue weighted by atomic mass is 16.5. The average Bonchev–Trinajstić information content (AvgIpc) is 2.66. The van der Waals surface area contributed by atoms with Gasteiger partial charge in [-0.3, -0.25) is 9.78 Å². The van der Waals surface area contributed by atoms with E-state index in [2.05, 4.69) is 11.6 Å². The molecule has 3 aromatic rings. The zero-order valence-corrected chi connectivity index (χ0v) is 14.2. The van der Waals surface area contributed by atoms with E-state index >= 15 is 0 Å². The van der Waals surface area contributed by atoms with Gasteiger partial charge >= 0.3 is 0 Å². The molecule has 0 aliphatic rings. The second-order valence-corrected chi connectivity index (χ2v) is 5.79. The molecule has 1 heterocycles. The number of rotatable bonds is 6. The molecule has 0 unspecified atom stereocenters. The molecule has 1 amide bonds. The van der Waals surface area contributed by atoms with Crippen molar-refractivity contribution in [3.05, 3.63) is 84.6 Å². The Kier molecular flexibility index (Phi) is 5.09. The van der Waals surface area contributed by atoms with Crippen molar-refractivity contribution in [3.8, 4) is 5.75 Å². The number of aromatic nitrogens is 1. The molecule has 1 aromatic heterocycles. The summed E-state index contributed by atoms with van der Waals surface area (Å²) in [4.78, 5) is 18.9. The number of hydrogen-bond donors (Lipinski definition) is 0. The molecule has 3 rings (SSSR count). The highest BCUT2D eigenvalue weighted by Gasteiger charge is 2.15. The van der Waals surface area contributed by atoms with Gasteiger partial charge in [-0.2, -0.15) is 0 Å². The SMILES string of the molecule is C=CCOc1ccc(CN(C)C(=O)c2cccc3cccnc23)cc1. The maximum Gasteiger partial charge on any atom is 0.256 e. The molecule has 0 aliphatic heterocycles. The van der Waals surface area contributed by atoms with Crippen LogP contribution in [0.2, 0.25) is 0 Å². The van der Waals surface area contributed by atoms with Crippen LogP contribution in [0.5, 0.6) is 5.75 Å². The number of ether oxygens (including phenoxy) is 1. The maximum absolute atomic E-state index is 12.8. The predicted octanol–water partition coefficient (Wildman–Crippen LogP) is 4.07. The van der Waals surface area contributed by atoms with E-state index in [0.717, 1.165) is 22.2 Å². The molecule has 0 aliphatic carbocycles.